The second kappa shape index (κ2) is 6.37. The maximum atomic E-state index is 5.08. The van der Waals surface area contributed by atoms with E-state index in [2.05, 4.69) is 32.0 Å². The fraction of sp³-hybridized carbons (Fsp3) is 0.250. The minimum atomic E-state index is 0.745. The van der Waals surface area contributed by atoms with Gasteiger partial charge in [-0.05, 0) is 18.6 Å². The number of hydrogen-bond donors (Lipinski definition) is 1. The van der Waals surface area contributed by atoms with Gasteiger partial charge in [0, 0.05) is 38.0 Å². The van der Waals surface area contributed by atoms with E-state index in [1.807, 2.05) is 30.6 Å². The van der Waals surface area contributed by atoms with Crippen molar-refractivity contribution in [3.8, 4) is 0 Å². The van der Waals surface area contributed by atoms with Crippen molar-refractivity contribution in [1.82, 2.24) is 14.5 Å². The molecule has 0 saturated carbocycles. The van der Waals surface area contributed by atoms with E-state index in [1.54, 1.807) is 13.3 Å². The summed E-state index contributed by atoms with van der Waals surface area (Å²) in [5.41, 5.74) is 1.93. The van der Waals surface area contributed by atoms with Crippen LogP contribution in [0, 0.1) is 0 Å². The van der Waals surface area contributed by atoms with E-state index in [0.29, 0.717) is 0 Å². The number of imidazole rings is 1. The highest BCUT2D eigenvalue weighted by Crippen LogP contribution is 2.19. The van der Waals surface area contributed by atoms with E-state index in [-0.39, 0.29) is 0 Å². The third-order valence-corrected chi connectivity index (χ3v) is 3.31. The van der Waals surface area contributed by atoms with Gasteiger partial charge < -0.3 is 14.6 Å². The molecule has 0 aliphatic rings. The minimum Gasteiger partial charge on any atom is -0.385 e. The van der Waals surface area contributed by atoms with Crippen molar-refractivity contribution in [2.24, 2.45) is 0 Å². The fourth-order valence-electron chi connectivity index (χ4n) is 2.26. The van der Waals surface area contributed by atoms with Crippen LogP contribution in [0.3, 0.4) is 0 Å². The molecule has 5 nitrogen and oxygen atoms in total. The van der Waals surface area contributed by atoms with E-state index in [9.17, 15) is 0 Å². The molecule has 3 rings (SSSR count). The van der Waals surface area contributed by atoms with Gasteiger partial charge in [0.1, 0.15) is 0 Å². The molecule has 0 aliphatic carbocycles. The summed E-state index contributed by atoms with van der Waals surface area (Å²) in [6.45, 7) is 1.62. The zero-order chi connectivity index (χ0) is 14.5. The van der Waals surface area contributed by atoms with Crippen LogP contribution in [0.25, 0.3) is 10.9 Å². The van der Waals surface area contributed by atoms with E-state index >= 15 is 0 Å². The molecule has 2 aromatic heterocycles. The molecule has 0 unspecified atom stereocenters. The van der Waals surface area contributed by atoms with Crippen LogP contribution in [0.15, 0.2) is 48.9 Å². The van der Waals surface area contributed by atoms with Gasteiger partial charge in [-0.15, -0.1) is 0 Å². The summed E-state index contributed by atoms with van der Waals surface area (Å²) in [6.07, 6.45) is 6.55. The second-order valence-electron chi connectivity index (χ2n) is 4.83. The molecule has 0 radical (unpaired) electrons. The average molecular weight is 282 g/mol. The Labute approximate surface area is 123 Å². The lowest BCUT2D eigenvalue weighted by Gasteiger charge is -2.10. The molecule has 2 heterocycles. The number of aryl methyl sites for hydroxylation is 1. The molecule has 21 heavy (non-hydrogen) atoms. The topological polar surface area (TPSA) is 52.0 Å². The van der Waals surface area contributed by atoms with Crippen LogP contribution in [0.1, 0.15) is 6.42 Å². The number of nitrogens with one attached hydrogen (secondary N) is 1. The maximum absolute atomic E-state index is 5.08. The summed E-state index contributed by atoms with van der Waals surface area (Å²) >= 11 is 0. The Balaban J connectivity index is 1.77. The molecule has 0 aliphatic heterocycles. The quantitative estimate of drug-likeness (QED) is 0.705. The lowest BCUT2D eigenvalue weighted by Crippen LogP contribution is -2.05. The molecular weight excluding hydrogens is 264 g/mol. The zero-order valence-corrected chi connectivity index (χ0v) is 12.0. The highest BCUT2D eigenvalue weighted by atomic mass is 16.5. The monoisotopic (exact) mass is 282 g/mol. The molecule has 1 N–H and O–H groups in total. The maximum Gasteiger partial charge on any atom is 0.207 e. The highest BCUT2D eigenvalue weighted by molar-refractivity contribution is 5.82. The average Bonchev–Trinajstić information content (AvgIpc) is 2.95. The molecule has 0 atom stereocenters. The number of anilines is 2. The van der Waals surface area contributed by atoms with E-state index in [0.717, 1.165) is 42.1 Å². The van der Waals surface area contributed by atoms with Gasteiger partial charge in [-0.1, -0.05) is 18.2 Å². The van der Waals surface area contributed by atoms with E-state index in [4.69, 9.17) is 4.74 Å². The first kappa shape index (κ1) is 13.6. The van der Waals surface area contributed by atoms with Gasteiger partial charge in [-0.25, -0.2) is 4.98 Å². The van der Waals surface area contributed by atoms with Gasteiger partial charge in [-0.3, -0.25) is 4.98 Å². The smallest absolute Gasteiger partial charge is 0.207 e. The molecular formula is C16H18N4O. The Kier molecular flexibility index (Phi) is 4.12. The summed E-state index contributed by atoms with van der Waals surface area (Å²) in [4.78, 5) is 8.80. The van der Waals surface area contributed by atoms with Crippen LogP contribution in [0.5, 0.6) is 0 Å². The Morgan fingerprint density at radius 1 is 1.24 bits per heavy atom. The van der Waals surface area contributed by atoms with Gasteiger partial charge in [0.15, 0.2) is 0 Å². The molecule has 3 aromatic rings. The van der Waals surface area contributed by atoms with Crippen LogP contribution < -0.4 is 5.32 Å². The number of rotatable bonds is 6. The molecule has 1 aromatic carbocycles. The van der Waals surface area contributed by atoms with Crippen molar-refractivity contribution >= 4 is 22.5 Å². The molecule has 0 saturated heterocycles. The summed E-state index contributed by atoms with van der Waals surface area (Å²) in [5, 5.41) is 4.43. The minimum absolute atomic E-state index is 0.745. The number of aromatic nitrogens is 3. The van der Waals surface area contributed by atoms with Crippen LogP contribution >= 0.6 is 0 Å². The first-order chi connectivity index (χ1) is 10.4. The summed E-state index contributed by atoms with van der Waals surface area (Å²) in [5.74, 6) is 0.822. The molecule has 0 amide bonds. The first-order valence-electron chi connectivity index (χ1n) is 6.99. The lowest BCUT2D eigenvalue weighted by molar-refractivity contribution is 0.190. The van der Waals surface area contributed by atoms with Crippen molar-refractivity contribution in [2.75, 3.05) is 19.0 Å². The Hall–Kier alpha value is -2.40. The van der Waals surface area contributed by atoms with Gasteiger partial charge in [0.05, 0.1) is 17.4 Å². The predicted molar refractivity (Wildman–Crippen MR) is 83.7 cm³/mol. The largest absolute Gasteiger partial charge is 0.385 e. The van der Waals surface area contributed by atoms with Crippen molar-refractivity contribution in [3.63, 3.8) is 0 Å². The van der Waals surface area contributed by atoms with Gasteiger partial charge >= 0.3 is 0 Å². The van der Waals surface area contributed by atoms with Crippen LogP contribution in [0.2, 0.25) is 0 Å². The normalized spacial score (nSPS) is 10.9. The number of para-hydroxylation sites is 1. The van der Waals surface area contributed by atoms with Gasteiger partial charge in [0.2, 0.25) is 5.95 Å². The van der Waals surface area contributed by atoms with Crippen molar-refractivity contribution in [2.45, 2.75) is 13.0 Å². The van der Waals surface area contributed by atoms with Crippen molar-refractivity contribution < 1.29 is 4.74 Å². The number of pyridine rings is 1. The van der Waals surface area contributed by atoms with E-state index < -0.39 is 0 Å². The van der Waals surface area contributed by atoms with Gasteiger partial charge in [-0.2, -0.15) is 0 Å². The SMILES string of the molecule is COCCCn1ccnc1Nc1cnc2ccccc2c1. The third kappa shape index (κ3) is 3.20. The fourth-order valence-corrected chi connectivity index (χ4v) is 2.26. The van der Waals surface area contributed by atoms with Crippen molar-refractivity contribution in [1.29, 1.82) is 0 Å². The Morgan fingerprint density at radius 3 is 3.05 bits per heavy atom. The summed E-state index contributed by atoms with van der Waals surface area (Å²) < 4.78 is 7.16. The number of benzene rings is 1. The standard InChI is InChI=1S/C16H18N4O/c1-21-10-4-8-20-9-7-17-16(20)19-14-11-13-5-2-3-6-15(13)18-12-14/h2-3,5-7,9,11-12H,4,8,10H2,1H3,(H,17,19). The first-order valence-corrected chi connectivity index (χ1v) is 6.99. The van der Waals surface area contributed by atoms with Crippen molar-refractivity contribution in [3.05, 3.63) is 48.9 Å². The highest BCUT2D eigenvalue weighted by Gasteiger charge is 2.04. The molecule has 0 fully saturated rings. The molecule has 108 valence electrons. The van der Waals surface area contributed by atoms with E-state index in [1.165, 1.54) is 0 Å². The predicted octanol–water partition coefficient (Wildman–Crippen LogP) is 3.21. The molecule has 5 heteroatoms. The zero-order valence-electron chi connectivity index (χ0n) is 12.0. The third-order valence-electron chi connectivity index (χ3n) is 3.31. The van der Waals surface area contributed by atoms with Crippen LogP contribution in [-0.2, 0) is 11.3 Å². The molecule has 0 bridgehead atoms. The summed E-state index contributed by atoms with van der Waals surface area (Å²) in [7, 11) is 1.72. The second-order valence-corrected chi connectivity index (χ2v) is 4.83. The van der Waals surface area contributed by atoms with Crippen LogP contribution in [-0.4, -0.2) is 28.3 Å². The Bertz CT molecular complexity index is 723. The number of fused-ring (bicyclic) bond motifs is 1. The Morgan fingerprint density at radius 2 is 2.14 bits per heavy atom. The van der Waals surface area contributed by atoms with Gasteiger partial charge in [0.25, 0.3) is 0 Å². The lowest BCUT2D eigenvalue weighted by atomic mass is 10.2. The molecule has 0 spiro atoms. The van der Waals surface area contributed by atoms with Crippen LogP contribution in [0.4, 0.5) is 11.6 Å². The number of ether oxygens (including phenoxy) is 1. The summed E-state index contributed by atoms with van der Waals surface area (Å²) in [6, 6.07) is 10.1. The number of methoxy groups -OCH3 is 1. The number of hydrogen-bond acceptors (Lipinski definition) is 4. The number of nitrogens with zero attached hydrogens (tertiary/aromatic N) is 3.